The molecule has 0 aliphatic heterocycles. The molecule has 0 saturated carbocycles. The predicted molar refractivity (Wildman–Crippen MR) is 60.9 cm³/mol. The molecule has 7 heteroatoms. The van der Waals surface area contributed by atoms with Crippen LogP contribution in [-0.2, 0) is 12.6 Å². The van der Waals surface area contributed by atoms with Crippen molar-refractivity contribution in [3.8, 4) is 0 Å². The first kappa shape index (κ1) is 13.3. The normalized spacial score (nSPS) is 11.8. The Kier molecular flexibility index (Phi) is 3.13. The fourth-order valence-electron chi connectivity index (χ4n) is 1.73. The second kappa shape index (κ2) is 4.49. The van der Waals surface area contributed by atoms with E-state index >= 15 is 0 Å². The van der Waals surface area contributed by atoms with Crippen molar-refractivity contribution in [1.29, 1.82) is 0 Å². The van der Waals surface area contributed by atoms with Gasteiger partial charge in [-0.15, -0.1) is 0 Å². The third-order valence-electron chi connectivity index (χ3n) is 2.63. The molecule has 4 nitrogen and oxygen atoms in total. The largest absolute Gasteiger partial charge is 0.475 e. The molecule has 0 fully saturated rings. The number of carboxylic acids is 1. The van der Waals surface area contributed by atoms with E-state index in [1.165, 1.54) is 0 Å². The number of aromatic nitrogens is 2. The van der Waals surface area contributed by atoms with E-state index in [1.807, 2.05) is 0 Å². The van der Waals surface area contributed by atoms with Crippen LogP contribution in [0.25, 0.3) is 10.9 Å². The Morgan fingerprint density at radius 1 is 1.32 bits per heavy atom. The minimum atomic E-state index is -4.45. The first-order chi connectivity index (χ1) is 8.82. The molecule has 0 amide bonds. The Hall–Kier alpha value is -2.18. The molecule has 19 heavy (non-hydrogen) atoms. The zero-order chi connectivity index (χ0) is 14.2. The standard InChI is InChI=1S/C12H9F3N2O2/c1-2-8-7-5-6(12(13,14)15)3-4-9(7)17-10(16-8)11(18)19/h3-5H,2H2,1H3,(H,18,19). The second-order valence-electron chi connectivity index (χ2n) is 3.88. The molecule has 1 aromatic carbocycles. The van der Waals surface area contributed by atoms with E-state index in [1.54, 1.807) is 6.92 Å². The van der Waals surface area contributed by atoms with Crippen molar-refractivity contribution in [2.45, 2.75) is 19.5 Å². The number of hydrogen-bond donors (Lipinski definition) is 1. The summed E-state index contributed by atoms with van der Waals surface area (Å²) in [5, 5.41) is 9.07. The van der Waals surface area contributed by atoms with Crippen LogP contribution in [0, 0.1) is 0 Å². The summed E-state index contributed by atoms with van der Waals surface area (Å²) in [5.41, 5.74) is -0.327. The van der Waals surface area contributed by atoms with Crippen molar-refractivity contribution >= 4 is 16.9 Å². The van der Waals surface area contributed by atoms with Gasteiger partial charge in [0.1, 0.15) is 0 Å². The first-order valence-electron chi connectivity index (χ1n) is 5.44. The molecule has 0 bridgehead atoms. The lowest BCUT2D eigenvalue weighted by atomic mass is 10.1. The number of aromatic carboxylic acids is 1. The summed E-state index contributed by atoms with van der Waals surface area (Å²) >= 11 is 0. The van der Waals surface area contributed by atoms with Gasteiger partial charge in [0.2, 0.25) is 5.82 Å². The van der Waals surface area contributed by atoms with Crippen molar-refractivity contribution in [1.82, 2.24) is 9.97 Å². The number of nitrogens with zero attached hydrogens (tertiary/aromatic N) is 2. The van der Waals surface area contributed by atoms with Crippen molar-refractivity contribution in [3.05, 3.63) is 35.3 Å². The lowest BCUT2D eigenvalue weighted by Gasteiger charge is -2.09. The highest BCUT2D eigenvalue weighted by molar-refractivity contribution is 5.89. The van der Waals surface area contributed by atoms with E-state index in [0.29, 0.717) is 6.42 Å². The average Bonchev–Trinajstić information content (AvgIpc) is 2.35. The topological polar surface area (TPSA) is 63.1 Å². The highest BCUT2D eigenvalue weighted by Gasteiger charge is 2.30. The summed E-state index contributed by atoms with van der Waals surface area (Å²) in [6.07, 6.45) is -4.13. The Morgan fingerprint density at radius 2 is 2.00 bits per heavy atom. The van der Waals surface area contributed by atoms with Gasteiger partial charge in [0.25, 0.3) is 0 Å². The molecule has 0 atom stereocenters. The molecule has 1 aromatic heterocycles. The zero-order valence-electron chi connectivity index (χ0n) is 9.82. The van der Waals surface area contributed by atoms with E-state index in [2.05, 4.69) is 9.97 Å². The number of carboxylic acid groups (broad SMARTS) is 1. The Labute approximate surface area is 105 Å². The van der Waals surface area contributed by atoms with Crippen LogP contribution in [0.15, 0.2) is 18.2 Å². The molecule has 0 unspecified atom stereocenters. The van der Waals surface area contributed by atoms with Crippen LogP contribution >= 0.6 is 0 Å². The van der Waals surface area contributed by atoms with Crippen molar-refractivity contribution in [2.75, 3.05) is 0 Å². The van der Waals surface area contributed by atoms with E-state index in [0.717, 1.165) is 18.2 Å². The maximum atomic E-state index is 12.6. The molecule has 2 rings (SSSR count). The highest BCUT2D eigenvalue weighted by Crippen LogP contribution is 2.31. The van der Waals surface area contributed by atoms with Crippen LogP contribution in [-0.4, -0.2) is 21.0 Å². The highest BCUT2D eigenvalue weighted by atomic mass is 19.4. The van der Waals surface area contributed by atoms with E-state index < -0.39 is 23.5 Å². The number of alkyl halides is 3. The first-order valence-corrected chi connectivity index (χ1v) is 5.44. The summed E-state index contributed by atoms with van der Waals surface area (Å²) < 4.78 is 37.9. The van der Waals surface area contributed by atoms with Gasteiger partial charge in [-0.05, 0) is 24.6 Å². The molecule has 1 N–H and O–H groups in total. The minimum absolute atomic E-state index is 0.192. The summed E-state index contributed by atoms with van der Waals surface area (Å²) in [7, 11) is 0. The summed E-state index contributed by atoms with van der Waals surface area (Å²) in [6, 6.07) is 2.98. The zero-order valence-corrected chi connectivity index (χ0v) is 9.82. The quantitative estimate of drug-likeness (QED) is 0.911. The van der Waals surface area contributed by atoms with Gasteiger partial charge in [-0.2, -0.15) is 13.2 Å². The van der Waals surface area contributed by atoms with E-state index in [4.69, 9.17) is 5.11 Å². The van der Waals surface area contributed by atoms with Crippen LogP contribution in [0.5, 0.6) is 0 Å². The number of fused-ring (bicyclic) bond motifs is 1. The smallest absolute Gasteiger partial charge is 0.416 e. The number of rotatable bonds is 2. The van der Waals surface area contributed by atoms with Gasteiger partial charge < -0.3 is 5.11 Å². The molecule has 0 saturated heterocycles. The number of benzene rings is 1. The van der Waals surface area contributed by atoms with Gasteiger partial charge in [0.15, 0.2) is 0 Å². The maximum Gasteiger partial charge on any atom is 0.416 e. The molecular formula is C12H9F3N2O2. The fourth-order valence-corrected chi connectivity index (χ4v) is 1.73. The van der Waals surface area contributed by atoms with Crippen molar-refractivity contribution in [2.24, 2.45) is 0 Å². The molecule has 2 aromatic rings. The SMILES string of the molecule is CCc1nc(C(=O)O)nc2ccc(C(F)(F)F)cc12. The van der Waals surface area contributed by atoms with Crippen LogP contribution < -0.4 is 0 Å². The second-order valence-corrected chi connectivity index (χ2v) is 3.88. The Morgan fingerprint density at radius 3 is 2.53 bits per heavy atom. The maximum absolute atomic E-state index is 12.6. The lowest BCUT2D eigenvalue weighted by Crippen LogP contribution is -2.09. The molecule has 100 valence electrons. The van der Waals surface area contributed by atoms with Gasteiger partial charge in [0, 0.05) is 5.39 Å². The molecule has 0 aliphatic carbocycles. The third-order valence-corrected chi connectivity index (χ3v) is 2.63. The van der Waals surface area contributed by atoms with Gasteiger partial charge >= 0.3 is 12.1 Å². The fraction of sp³-hybridized carbons (Fsp3) is 0.250. The van der Waals surface area contributed by atoms with Crippen LogP contribution in [0.2, 0.25) is 0 Å². The Balaban J connectivity index is 2.72. The van der Waals surface area contributed by atoms with E-state index in [9.17, 15) is 18.0 Å². The van der Waals surface area contributed by atoms with Crippen LogP contribution in [0.1, 0.15) is 28.8 Å². The van der Waals surface area contributed by atoms with Crippen molar-refractivity contribution < 1.29 is 23.1 Å². The molecular weight excluding hydrogens is 261 g/mol. The van der Waals surface area contributed by atoms with Gasteiger partial charge in [-0.3, -0.25) is 0 Å². The van der Waals surface area contributed by atoms with Gasteiger partial charge in [-0.25, -0.2) is 14.8 Å². The minimum Gasteiger partial charge on any atom is -0.475 e. The van der Waals surface area contributed by atoms with Crippen LogP contribution in [0.3, 0.4) is 0 Å². The molecule has 0 radical (unpaired) electrons. The van der Waals surface area contributed by atoms with Gasteiger partial charge in [-0.1, -0.05) is 6.92 Å². The average molecular weight is 270 g/mol. The van der Waals surface area contributed by atoms with Gasteiger partial charge in [0.05, 0.1) is 16.8 Å². The molecule has 0 spiro atoms. The Bertz CT molecular complexity index is 653. The number of carbonyl (C=O) groups is 1. The van der Waals surface area contributed by atoms with Crippen LogP contribution in [0.4, 0.5) is 13.2 Å². The monoisotopic (exact) mass is 270 g/mol. The molecule has 1 heterocycles. The van der Waals surface area contributed by atoms with E-state index in [-0.39, 0.29) is 16.6 Å². The summed E-state index contributed by atoms with van der Waals surface area (Å²) in [6.45, 7) is 1.69. The lowest BCUT2D eigenvalue weighted by molar-refractivity contribution is -0.137. The summed E-state index contributed by atoms with van der Waals surface area (Å²) in [5.74, 6) is -1.72. The number of hydrogen-bond acceptors (Lipinski definition) is 3. The molecule has 0 aliphatic rings. The summed E-state index contributed by atoms with van der Waals surface area (Å²) in [4.78, 5) is 18.3. The predicted octanol–water partition coefficient (Wildman–Crippen LogP) is 2.91. The number of aryl methyl sites for hydroxylation is 1. The van der Waals surface area contributed by atoms with Crippen molar-refractivity contribution in [3.63, 3.8) is 0 Å². The third kappa shape index (κ3) is 2.49. The number of halogens is 3.